The van der Waals surface area contributed by atoms with Crippen LogP contribution in [-0.4, -0.2) is 37.4 Å². The first-order valence-electron chi connectivity index (χ1n) is 9.09. The minimum atomic E-state index is -3.99. The van der Waals surface area contributed by atoms with Gasteiger partial charge in [-0.15, -0.1) is 0 Å². The molecule has 0 saturated heterocycles. The van der Waals surface area contributed by atoms with E-state index in [0.29, 0.717) is 17.3 Å². The maximum Gasteiger partial charge on any atom is 0.266 e. The highest BCUT2D eigenvalue weighted by atomic mass is 32.2. The number of anilines is 1. The van der Waals surface area contributed by atoms with Crippen LogP contribution < -0.4 is 14.2 Å². The number of aryl methyl sites for hydroxylation is 1. The number of hydrogen-bond acceptors (Lipinski definition) is 6. The van der Waals surface area contributed by atoms with E-state index in [1.807, 2.05) is 30.3 Å². The van der Waals surface area contributed by atoms with Crippen molar-refractivity contribution in [3.63, 3.8) is 0 Å². The lowest BCUT2D eigenvalue weighted by molar-refractivity contribution is 0.392. The van der Waals surface area contributed by atoms with Gasteiger partial charge in [-0.2, -0.15) is 9.78 Å². The molecule has 0 bridgehead atoms. The summed E-state index contributed by atoms with van der Waals surface area (Å²) >= 11 is 0. The molecule has 1 N–H and O–H groups in total. The number of sulfonamides is 1. The predicted molar refractivity (Wildman–Crippen MR) is 114 cm³/mol. The van der Waals surface area contributed by atoms with E-state index in [-0.39, 0.29) is 16.5 Å². The summed E-state index contributed by atoms with van der Waals surface area (Å²) in [6.07, 6.45) is 0. The third kappa shape index (κ3) is 3.67. The van der Waals surface area contributed by atoms with E-state index < -0.39 is 10.0 Å². The van der Waals surface area contributed by atoms with Crippen LogP contribution in [0.15, 0.2) is 65.6 Å². The van der Waals surface area contributed by atoms with Crippen molar-refractivity contribution in [3.05, 3.63) is 66.4 Å². The first-order valence-corrected chi connectivity index (χ1v) is 10.6. The molecule has 154 valence electrons. The van der Waals surface area contributed by atoms with E-state index in [0.717, 1.165) is 10.9 Å². The fourth-order valence-electron chi connectivity index (χ4n) is 3.11. The number of para-hydroxylation sites is 1. The van der Waals surface area contributed by atoms with Gasteiger partial charge in [-0.1, -0.05) is 18.2 Å². The number of pyridine rings is 1. The molecule has 2 aromatic heterocycles. The first kappa shape index (κ1) is 19.7. The Hall–Kier alpha value is -3.59. The second-order valence-electron chi connectivity index (χ2n) is 6.57. The number of aromatic nitrogens is 3. The minimum absolute atomic E-state index is 0.0405. The average Bonchev–Trinajstić information content (AvgIpc) is 3.12. The van der Waals surface area contributed by atoms with Gasteiger partial charge in [0.1, 0.15) is 22.2 Å². The number of benzene rings is 2. The lowest BCUT2D eigenvalue weighted by atomic mass is 10.2. The zero-order chi connectivity index (χ0) is 21.3. The summed E-state index contributed by atoms with van der Waals surface area (Å²) in [6, 6.07) is 17.6. The van der Waals surface area contributed by atoms with E-state index >= 15 is 0 Å². The Morgan fingerprint density at radius 2 is 1.77 bits per heavy atom. The van der Waals surface area contributed by atoms with E-state index in [9.17, 15) is 8.42 Å². The molecule has 8 nitrogen and oxygen atoms in total. The summed E-state index contributed by atoms with van der Waals surface area (Å²) in [6.45, 7) is 1.78. The number of nitrogens with zero attached hydrogens (tertiary/aromatic N) is 3. The molecule has 0 spiro atoms. The van der Waals surface area contributed by atoms with E-state index in [4.69, 9.17) is 9.47 Å². The molecule has 30 heavy (non-hydrogen) atoms. The lowest BCUT2D eigenvalue weighted by Crippen LogP contribution is -2.17. The summed E-state index contributed by atoms with van der Waals surface area (Å²) in [4.78, 5) is 4.56. The average molecular weight is 424 g/mol. The molecule has 0 fully saturated rings. The zero-order valence-electron chi connectivity index (χ0n) is 16.7. The van der Waals surface area contributed by atoms with Gasteiger partial charge >= 0.3 is 0 Å². The molecule has 4 rings (SSSR count). The largest absolute Gasteiger partial charge is 0.497 e. The molecule has 4 aromatic rings. The van der Waals surface area contributed by atoms with Gasteiger partial charge in [0.05, 0.1) is 25.4 Å². The molecule has 0 saturated carbocycles. The Kier molecular flexibility index (Phi) is 5.04. The van der Waals surface area contributed by atoms with Crippen LogP contribution in [0.25, 0.3) is 16.7 Å². The third-order valence-corrected chi connectivity index (χ3v) is 5.91. The third-order valence-electron chi connectivity index (χ3n) is 4.53. The highest BCUT2D eigenvalue weighted by molar-refractivity contribution is 7.92. The van der Waals surface area contributed by atoms with Crippen LogP contribution in [0.2, 0.25) is 0 Å². The van der Waals surface area contributed by atoms with Crippen molar-refractivity contribution in [1.29, 1.82) is 0 Å². The summed E-state index contributed by atoms with van der Waals surface area (Å²) in [5.41, 5.74) is 1.42. The molecule has 0 aliphatic carbocycles. The normalized spacial score (nSPS) is 11.4. The monoisotopic (exact) mass is 424 g/mol. The van der Waals surface area contributed by atoms with E-state index in [2.05, 4.69) is 14.8 Å². The van der Waals surface area contributed by atoms with Gasteiger partial charge in [-0.25, -0.2) is 13.4 Å². The number of fused-ring (bicyclic) bond motifs is 1. The Morgan fingerprint density at radius 3 is 2.53 bits per heavy atom. The number of ether oxygens (including phenoxy) is 2. The number of rotatable bonds is 6. The topological polar surface area (TPSA) is 95.3 Å². The van der Waals surface area contributed by atoms with Crippen molar-refractivity contribution < 1.29 is 17.9 Å². The predicted octanol–water partition coefficient (Wildman–Crippen LogP) is 3.55. The van der Waals surface area contributed by atoms with Gasteiger partial charge in [-0.05, 0) is 37.3 Å². The van der Waals surface area contributed by atoms with Crippen molar-refractivity contribution in [2.75, 3.05) is 18.9 Å². The highest BCUT2D eigenvalue weighted by Crippen LogP contribution is 2.30. The van der Waals surface area contributed by atoms with Crippen LogP contribution >= 0.6 is 0 Å². The van der Waals surface area contributed by atoms with Gasteiger partial charge in [0.2, 0.25) is 0 Å². The number of nitrogens with one attached hydrogen (secondary N) is 1. The maximum absolute atomic E-state index is 13.1. The Labute approximate surface area is 174 Å². The number of methoxy groups -OCH3 is 2. The standard InChI is InChI=1S/C21H20N4O4S/c1-14-12-21(24-30(26,27)19-13-16(28-2)9-10-18(19)29-3)25(23-14)20-11-8-15-6-4-5-7-17(15)22-20/h4-13,24H,1-3H3. The zero-order valence-corrected chi connectivity index (χ0v) is 17.5. The maximum atomic E-state index is 13.1. The van der Waals surface area contributed by atoms with Gasteiger partial charge in [0.15, 0.2) is 5.82 Å². The molecule has 0 unspecified atom stereocenters. The van der Waals surface area contributed by atoms with Gasteiger partial charge in [0.25, 0.3) is 10.0 Å². The Bertz CT molecular complexity index is 1330. The summed E-state index contributed by atoms with van der Waals surface area (Å²) < 4.78 is 40.7. The smallest absolute Gasteiger partial charge is 0.266 e. The van der Waals surface area contributed by atoms with Crippen LogP contribution in [0.1, 0.15) is 5.69 Å². The van der Waals surface area contributed by atoms with Gasteiger partial charge < -0.3 is 9.47 Å². The molecule has 2 aromatic carbocycles. The van der Waals surface area contributed by atoms with E-state index in [1.54, 1.807) is 31.2 Å². The quantitative estimate of drug-likeness (QED) is 0.509. The molecule has 0 radical (unpaired) electrons. The second kappa shape index (κ2) is 7.68. The van der Waals surface area contributed by atoms with Crippen molar-refractivity contribution in [3.8, 4) is 17.3 Å². The summed E-state index contributed by atoms with van der Waals surface area (Å²) in [5, 5.41) is 5.39. The Morgan fingerprint density at radius 1 is 0.967 bits per heavy atom. The van der Waals surface area contributed by atoms with Crippen molar-refractivity contribution in [2.24, 2.45) is 0 Å². The van der Waals surface area contributed by atoms with E-state index in [1.165, 1.54) is 25.0 Å². The van der Waals surface area contributed by atoms with Gasteiger partial charge in [0, 0.05) is 17.5 Å². The van der Waals surface area contributed by atoms with Crippen molar-refractivity contribution >= 4 is 26.7 Å². The van der Waals surface area contributed by atoms with Crippen LogP contribution in [0.5, 0.6) is 11.5 Å². The molecule has 0 aliphatic rings. The molecular formula is C21H20N4O4S. The van der Waals surface area contributed by atoms with Crippen LogP contribution in [0.4, 0.5) is 5.82 Å². The van der Waals surface area contributed by atoms with Crippen molar-refractivity contribution in [2.45, 2.75) is 11.8 Å². The minimum Gasteiger partial charge on any atom is -0.497 e. The first-order chi connectivity index (χ1) is 14.4. The lowest BCUT2D eigenvalue weighted by Gasteiger charge is -2.13. The summed E-state index contributed by atoms with van der Waals surface area (Å²) in [7, 11) is -1.11. The molecular weight excluding hydrogens is 404 g/mol. The Balaban J connectivity index is 1.77. The fourth-order valence-corrected chi connectivity index (χ4v) is 4.32. The van der Waals surface area contributed by atoms with Crippen molar-refractivity contribution in [1.82, 2.24) is 14.8 Å². The van der Waals surface area contributed by atoms with Crippen LogP contribution in [0, 0.1) is 6.92 Å². The molecule has 0 atom stereocenters. The number of hydrogen-bond donors (Lipinski definition) is 1. The fraction of sp³-hybridized carbons (Fsp3) is 0.143. The molecule has 0 aliphatic heterocycles. The molecule has 9 heteroatoms. The molecule has 2 heterocycles. The highest BCUT2D eigenvalue weighted by Gasteiger charge is 2.23. The molecule has 0 amide bonds. The summed E-state index contributed by atoms with van der Waals surface area (Å²) in [5.74, 6) is 1.37. The van der Waals surface area contributed by atoms with Gasteiger partial charge in [-0.3, -0.25) is 4.72 Å². The van der Waals surface area contributed by atoms with Crippen LogP contribution in [0.3, 0.4) is 0 Å². The SMILES string of the molecule is COc1ccc(OC)c(S(=O)(=O)Nc2cc(C)nn2-c2ccc3ccccc3n2)c1. The second-order valence-corrected chi connectivity index (χ2v) is 8.22. The van der Waals surface area contributed by atoms with Crippen LogP contribution in [-0.2, 0) is 10.0 Å².